The fourth-order valence-corrected chi connectivity index (χ4v) is 2.48. The van der Waals surface area contributed by atoms with E-state index < -0.39 is 11.9 Å². The lowest BCUT2D eigenvalue weighted by atomic mass is 9.92. The van der Waals surface area contributed by atoms with E-state index in [0.29, 0.717) is 12.6 Å². The van der Waals surface area contributed by atoms with Crippen LogP contribution in [-0.2, 0) is 11.0 Å². The Morgan fingerprint density at radius 1 is 1.43 bits per heavy atom. The highest BCUT2D eigenvalue weighted by Gasteiger charge is 2.32. The third kappa shape index (κ3) is 5.34. The number of nitrogens with one attached hydrogen (secondary N) is 3. The molecule has 1 aliphatic rings. The number of aromatic nitrogens is 2. The van der Waals surface area contributed by atoms with Crippen LogP contribution in [0.1, 0.15) is 25.5 Å². The topological polar surface area (TPSA) is 78.9 Å². The summed E-state index contributed by atoms with van der Waals surface area (Å²) in [6, 6.07) is 1.13. The van der Waals surface area contributed by atoms with E-state index in [2.05, 4.69) is 25.9 Å². The molecule has 2 heterocycles. The summed E-state index contributed by atoms with van der Waals surface area (Å²) in [6.45, 7) is 3.41. The molecule has 128 valence electrons. The molecule has 1 aliphatic heterocycles. The highest BCUT2D eigenvalue weighted by molar-refractivity contribution is 5.78. The molecule has 3 N–H and O–H groups in total. The maximum absolute atomic E-state index is 12.5. The Labute approximate surface area is 132 Å². The first kappa shape index (κ1) is 17.5. The highest BCUT2D eigenvalue weighted by atomic mass is 19.4. The van der Waals surface area contributed by atoms with Crippen LogP contribution in [0, 0.1) is 5.92 Å². The number of carbonyl (C=O) groups excluding carboxylic acids is 1. The van der Waals surface area contributed by atoms with Crippen LogP contribution in [0.4, 0.5) is 19.1 Å². The van der Waals surface area contributed by atoms with Gasteiger partial charge in [-0.2, -0.15) is 13.2 Å². The first-order valence-electron chi connectivity index (χ1n) is 7.51. The van der Waals surface area contributed by atoms with Gasteiger partial charge in [0.2, 0.25) is 11.9 Å². The van der Waals surface area contributed by atoms with Crippen LogP contribution in [0.3, 0.4) is 0 Å². The largest absolute Gasteiger partial charge is 0.433 e. The number of alkyl halides is 3. The zero-order valence-corrected chi connectivity index (χ0v) is 12.8. The van der Waals surface area contributed by atoms with Crippen LogP contribution in [0.5, 0.6) is 0 Å². The number of hydrogen-bond donors (Lipinski definition) is 3. The second-order valence-corrected chi connectivity index (χ2v) is 5.56. The highest BCUT2D eigenvalue weighted by Crippen LogP contribution is 2.27. The molecule has 1 aromatic heterocycles. The Balaban J connectivity index is 1.74. The van der Waals surface area contributed by atoms with Crippen molar-refractivity contribution in [2.75, 3.05) is 25.0 Å². The molecule has 0 radical (unpaired) electrons. The molecule has 2 rings (SSSR count). The molecule has 0 spiro atoms. The molecule has 1 fully saturated rings. The van der Waals surface area contributed by atoms with E-state index in [4.69, 9.17) is 0 Å². The number of piperidine rings is 1. The van der Waals surface area contributed by atoms with Crippen molar-refractivity contribution in [3.63, 3.8) is 0 Å². The molecule has 0 bridgehead atoms. The van der Waals surface area contributed by atoms with E-state index in [-0.39, 0.29) is 24.3 Å². The predicted octanol–water partition coefficient (Wildman–Crippen LogP) is 1.41. The summed E-state index contributed by atoms with van der Waals surface area (Å²) in [5.74, 6) is -0.147. The van der Waals surface area contributed by atoms with Crippen LogP contribution in [-0.4, -0.2) is 41.6 Å². The van der Waals surface area contributed by atoms with E-state index in [1.165, 1.54) is 0 Å². The molecule has 0 unspecified atom stereocenters. The van der Waals surface area contributed by atoms with Crippen LogP contribution in [0.25, 0.3) is 0 Å². The van der Waals surface area contributed by atoms with Crippen LogP contribution in [0.2, 0.25) is 0 Å². The first-order valence-corrected chi connectivity index (χ1v) is 7.51. The Morgan fingerprint density at radius 2 is 2.22 bits per heavy atom. The van der Waals surface area contributed by atoms with Crippen molar-refractivity contribution in [2.45, 2.75) is 32.0 Å². The SMILES string of the molecule is C[C@H]1C[C@@H](C(=O)NCCNc2nccc(C(F)(F)F)n2)CCN1. The van der Waals surface area contributed by atoms with E-state index >= 15 is 0 Å². The lowest BCUT2D eigenvalue weighted by Crippen LogP contribution is -2.43. The van der Waals surface area contributed by atoms with Crippen molar-refractivity contribution >= 4 is 11.9 Å². The smallest absolute Gasteiger partial charge is 0.354 e. The molecular weight excluding hydrogens is 311 g/mol. The summed E-state index contributed by atoms with van der Waals surface area (Å²) in [4.78, 5) is 19.1. The number of amides is 1. The molecule has 23 heavy (non-hydrogen) atoms. The van der Waals surface area contributed by atoms with Gasteiger partial charge in [0.05, 0.1) is 0 Å². The van der Waals surface area contributed by atoms with Gasteiger partial charge in [-0.15, -0.1) is 0 Å². The fourth-order valence-electron chi connectivity index (χ4n) is 2.48. The quantitative estimate of drug-likeness (QED) is 0.711. The molecule has 0 aromatic carbocycles. The second-order valence-electron chi connectivity index (χ2n) is 5.56. The van der Waals surface area contributed by atoms with Crippen LogP contribution in [0.15, 0.2) is 12.3 Å². The molecular formula is C14H20F3N5O. The third-order valence-electron chi connectivity index (χ3n) is 3.65. The van der Waals surface area contributed by atoms with Crippen molar-refractivity contribution < 1.29 is 18.0 Å². The summed E-state index contributed by atoms with van der Waals surface area (Å²) in [7, 11) is 0. The second kappa shape index (κ2) is 7.58. The Kier molecular flexibility index (Phi) is 5.75. The Hall–Kier alpha value is -1.90. The predicted molar refractivity (Wildman–Crippen MR) is 78.7 cm³/mol. The van der Waals surface area contributed by atoms with Gasteiger partial charge in [-0.25, -0.2) is 9.97 Å². The van der Waals surface area contributed by atoms with Gasteiger partial charge in [-0.05, 0) is 32.4 Å². The third-order valence-corrected chi connectivity index (χ3v) is 3.65. The minimum absolute atomic E-state index is 0.0175. The normalized spacial score (nSPS) is 21.7. The number of hydrogen-bond acceptors (Lipinski definition) is 5. The van der Waals surface area contributed by atoms with E-state index in [1.54, 1.807) is 0 Å². The summed E-state index contributed by atoms with van der Waals surface area (Å²) < 4.78 is 37.6. The summed E-state index contributed by atoms with van der Waals surface area (Å²) in [6.07, 6.45) is -1.87. The minimum Gasteiger partial charge on any atom is -0.354 e. The van der Waals surface area contributed by atoms with E-state index in [0.717, 1.165) is 31.6 Å². The molecule has 2 atom stereocenters. The standard InChI is InChI=1S/C14H20F3N5O/c1-9-8-10(2-4-18-9)12(23)19-6-7-21-13-20-5-3-11(22-13)14(15,16)17/h3,5,9-10,18H,2,4,6-8H2,1H3,(H,19,23)(H,20,21,22)/t9-,10-/m0/s1. The van der Waals surface area contributed by atoms with Gasteiger partial charge in [0, 0.05) is 31.2 Å². The maximum Gasteiger partial charge on any atom is 0.433 e. The lowest BCUT2D eigenvalue weighted by molar-refractivity contribution is -0.141. The van der Waals surface area contributed by atoms with Gasteiger partial charge < -0.3 is 16.0 Å². The number of carbonyl (C=O) groups is 1. The molecule has 6 nitrogen and oxygen atoms in total. The molecule has 1 aromatic rings. The Bertz CT molecular complexity index is 537. The average molecular weight is 331 g/mol. The van der Waals surface area contributed by atoms with Gasteiger partial charge in [0.1, 0.15) is 5.69 Å². The van der Waals surface area contributed by atoms with Gasteiger partial charge in [-0.1, -0.05) is 0 Å². The van der Waals surface area contributed by atoms with Crippen molar-refractivity contribution in [3.05, 3.63) is 18.0 Å². The molecule has 1 amide bonds. The summed E-state index contributed by atoms with van der Waals surface area (Å²) in [5.41, 5.74) is -0.997. The minimum atomic E-state index is -4.50. The van der Waals surface area contributed by atoms with Crippen molar-refractivity contribution in [1.29, 1.82) is 0 Å². The van der Waals surface area contributed by atoms with Gasteiger partial charge >= 0.3 is 6.18 Å². The molecule has 0 saturated carbocycles. The fraction of sp³-hybridized carbons (Fsp3) is 0.643. The Morgan fingerprint density at radius 3 is 2.91 bits per heavy atom. The number of nitrogens with zero attached hydrogens (tertiary/aromatic N) is 2. The number of rotatable bonds is 5. The zero-order valence-electron chi connectivity index (χ0n) is 12.8. The monoisotopic (exact) mass is 331 g/mol. The van der Waals surface area contributed by atoms with E-state index in [1.807, 2.05) is 6.92 Å². The van der Waals surface area contributed by atoms with Crippen LogP contribution < -0.4 is 16.0 Å². The average Bonchev–Trinajstić information content (AvgIpc) is 2.51. The van der Waals surface area contributed by atoms with Crippen LogP contribution >= 0.6 is 0 Å². The summed E-state index contributed by atoms with van der Waals surface area (Å²) >= 11 is 0. The summed E-state index contributed by atoms with van der Waals surface area (Å²) in [5, 5.41) is 8.73. The van der Waals surface area contributed by atoms with Crippen molar-refractivity contribution in [3.8, 4) is 0 Å². The maximum atomic E-state index is 12.5. The van der Waals surface area contributed by atoms with Gasteiger partial charge in [0.25, 0.3) is 0 Å². The number of halogens is 3. The van der Waals surface area contributed by atoms with E-state index in [9.17, 15) is 18.0 Å². The zero-order chi connectivity index (χ0) is 16.9. The number of anilines is 1. The molecule has 0 aliphatic carbocycles. The van der Waals surface area contributed by atoms with Gasteiger partial charge in [0.15, 0.2) is 0 Å². The van der Waals surface area contributed by atoms with Crippen molar-refractivity contribution in [1.82, 2.24) is 20.6 Å². The first-order chi connectivity index (χ1) is 10.9. The lowest BCUT2D eigenvalue weighted by Gasteiger charge is -2.27. The molecule has 1 saturated heterocycles. The molecule has 9 heteroatoms. The van der Waals surface area contributed by atoms with Crippen molar-refractivity contribution in [2.24, 2.45) is 5.92 Å². The van der Waals surface area contributed by atoms with Gasteiger partial charge in [-0.3, -0.25) is 4.79 Å².